The molecule has 0 spiro atoms. The van der Waals surface area contributed by atoms with Gasteiger partial charge in [-0.25, -0.2) is 0 Å². The average molecular weight is 951 g/mol. The van der Waals surface area contributed by atoms with Crippen LogP contribution >= 0.6 is 0 Å². The van der Waals surface area contributed by atoms with Gasteiger partial charge in [-0.15, -0.1) is 0 Å². The Morgan fingerprint density at radius 3 is 1.03 bits per heavy atom. The number of hydrogen-bond donors (Lipinski definition) is 1. The molecule has 71 heavy (non-hydrogen) atoms. The normalized spacial score (nSPS) is 11.9. The van der Waals surface area contributed by atoms with Crippen LogP contribution in [-0.2, 0) is 0 Å². The first-order valence-electron chi connectivity index (χ1n) is 24.7. The Bertz CT molecular complexity index is 3690. The summed E-state index contributed by atoms with van der Waals surface area (Å²) in [6.07, 6.45) is 0. The van der Waals surface area contributed by atoms with E-state index in [9.17, 15) is 5.11 Å². The lowest BCUT2D eigenvalue weighted by Crippen LogP contribution is -2.37. The Labute approximate surface area is 420 Å². The molecule has 3 nitrogen and oxygen atoms in total. The number of phenolic OH excluding ortho intramolecular Hbond substituents is 1. The summed E-state index contributed by atoms with van der Waals surface area (Å²) in [6.45, 7) is 14.3. The van der Waals surface area contributed by atoms with Gasteiger partial charge < -0.3 is 14.9 Å². The minimum Gasteiger partial charge on any atom is -0.507 e. The second-order valence-electron chi connectivity index (χ2n) is 20.8. The lowest BCUT2D eigenvalue weighted by atomic mass is 9.87. The standard InChI is InChI=1S/C66H58N2OSi2/c1-70(2,3)55-38-34-53(35-39-55)67(49-17-9-7-10-18-49)51-30-25-46(26-31-51)48-29-42-61(66(69)43-48)63-45-65-58-22-14-13-21-57(58)62(44-64(65)60-24-16-15-23-59(60)63)47-27-32-52(33-28-47)68(50-19-11-8-12-20-50)54-36-40-56(41-37-54)71(4,5)6/h7-45,69H,1-6H3. The fourth-order valence-corrected chi connectivity index (χ4v) is 12.5. The van der Waals surface area contributed by atoms with Crippen molar-refractivity contribution in [2.24, 2.45) is 0 Å². The topological polar surface area (TPSA) is 26.7 Å². The monoisotopic (exact) mass is 950 g/mol. The number of anilines is 6. The van der Waals surface area contributed by atoms with Crippen molar-refractivity contribution in [3.63, 3.8) is 0 Å². The van der Waals surface area contributed by atoms with E-state index in [1.165, 1.54) is 32.1 Å². The molecule has 0 aliphatic heterocycles. The molecule has 0 aromatic heterocycles. The van der Waals surface area contributed by atoms with Crippen molar-refractivity contribution in [1.29, 1.82) is 0 Å². The third kappa shape index (κ3) is 8.84. The second-order valence-corrected chi connectivity index (χ2v) is 31.0. The van der Waals surface area contributed by atoms with E-state index in [1.807, 2.05) is 6.07 Å². The van der Waals surface area contributed by atoms with E-state index >= 15 is 0 Å². The summed E-state index contributed by atoms with van der Waals surface area (Å²) < 4.78 is 0. The number of nitrogens with zero attached hydrogens (tertiary/aromatic N) is 2. The van der Waals surface area contributed by atoms with E-state index in [2.05, 4.69) is 280 Å². The van der Waals surface area contributed by atoms with E-state index in [-0.39, 0.29) is 5.75 Å². The SMILES string of the molecule is C[Si](C)(C)c1ccc(N(c2ccccc2)c2ccc(-c3ccc(-c4cc5c6ccccc6c(-c6ccc(N(c7ccccc7)c7ccc([Si](C)(C)C)cc7)cc6)cc5c5ccccc45)c(O)c3)cc2)cc1. The van der Waals surface area contributed by atoms with Crippen LogP contribution in [0.5, 0.6) is 5.75 Å². The zero-order valence-electron chi connectivity index (χ0n) is 41.4. The van der Waals surface area contributed by atoms with Crippen LogP contribution in [0.25, 0.3) is 65.7 Å². The zero-order chi connectivity index (χ0) is 48.9. The summed E-state index contributed by atoms with van der Waals surface area (Å²) in [7, 11) is -2.89. The van der Waals surface area contributed by atoms with Crippen LogP contribution in [0.2, 0.25) is 39.3 Å². The number of para-hydroxylation sites is 2. The van der Waals surface area contributed by atoms with E-state index in [4.69, 9.17) is 0 Å². The molecular weight excluding hydrogens is 893 g/mol. The van der Waals surface area contributed by atoms with Crippen molar-refractivity contribution in [1.82, 2.24) is 0 Å². The lowest BCUT2D eigenvalue weighted by molar-refractivity contribution is 0.477. The van der Waals surface area contributed by atoms with Gasteiger partial charge in [0.25, 0.3) is 0 Å². The van der Waals surface area contributed by atoms with E-state index in [1.54, 1.807) is 0 Å². The minimum absolute atomic E-state index is 0.252. The molecule has 0 saturated carbocycles. The average Bonchev–Trinajstić information content (AvgIpc) is 3.39. The maximum atomic E-state index is 12.0. The van der Waals surface area contributed by atoms with Crippen LogP contribution < -0.4 is 20.2 Å². The van der Waals surface area contributed by atoms with Crippen LogP contribution in [0.1, 0.15) is 0 Å². The molecule has 0 heterocycles. The quantitative estimate of drug-likeness (QED) is 0.103. The molecule has 0 atom stereocenters. The third-order valence-corrected chi connectivity index (χ3v) is 18.2. The molecule has 11 rings (SSSR count). The van der Waals surface area contributed by atoms with Gasteiger partial charge in [-0.1, -0.05) is 195 Å². The van der Waals surface area contributed by atoms with Crippen molar-refractivity contribution < 1.29 is 5.11 Å². The van der Waals surface area contributed by atoms with Crippen LogP contribution in [0.4, 0.5) is 34.1 Å². The summed E-state index contributed by atoms with van der Waals surface area (Å²) >= 11 is 0. The number of hydrogen-bond acceptors (Lipinski definition) is 3. The number of aromatic hydroxyl groups is 1. The van der Waals surface area contributed by atoms with Crippen molar-refractivity contribution in [3.05, 3.63) is 237 Å². The van der Waals surface area contributed by atoms with Gasteiger partial charge in [0.05, 0.1) is 16.1 Å². The van der Waals surface area contributed by atoms with Crippen LogP contribution in [0.3, 0.4) is 0 Å². The largest absolute Gasteiger partial charge is 0.507 e. The van der Waals surface area contributed by atoms with Gasteiger partial charge in [0.2, 0.25) is 0 Å². The molecule has 0 saturated heterocycles. The Morgan fingerprint density at radius 1 is 0.268 bits per heavy atom. The first kappa shape index (κ1) is 45.5. The first-order valence-corrected chi connectivity index (χ1v) is 31.7. The van der Waals surface area contributed by atoms with E-state index < -0.39 is 16.1 Å². The predicted molar refractivity (Wildman–Crippen MR) is 312 cm³/mol. The summed E-state index contributed by atoms with van der Waals surface area (Å²) in [5.41, 5.74) is 12.8. The van der Waals surface area contributed by atoms with Crippen LogP contribution in [0.15, 0.2) is 237 Å². The molecule has 0 bridgehead atoms. The fourth-order valence-electron chi connectivity index (χ4n) is 10.2. The smallest absolute Gasteiger partial charge is 0.124 e. The van der Waals surface area contributed by atoms with Gasteiger partial charge >= 0.3 is 0 Å². The van der Waals surface area contributed by atoms with Crippen LogP contribution in [-0.4, -0.2) is 21.3 Å². The highest BCUT2D eigenvalue weighted by atomic mass is 28.3. The fraction of sp³-hybridized carbons (Fsp3) is 0.0909. The number of benzene rings is 11. The highest BCUT2D eigenvalue weighted by Gasteiger charge is 2.21. The van der Waals surface area contributed by atoms with Gasteiger partial charge in [0, 0.05) is 39.7 Å². The maximum absolute atomic E-state index is 12.0. The number of phenols is 1. The molecule has 0 amide bonds. The summed E-state index contributed by atoms with van der Waals surface area (Å²) in [5, 5.41) is 21.9. The Morgan fingerprint density at radius 2 is 0.606 bits per heavy atom. The summed E-state index contributed by atoms with van der Waals surface area (Å²) in [5.74, 6) is 0.252. The minimum atomic E-state index is -1.45. The van der Waals surface area contributed by atoms with Crippen LogP contribution in [0, 0.1) is 0 Å². The number of rotatable bonds is 11. The molecule has 1 N–H and O–H groups in total. The van der Waals surface area contributed by atoms with Gasteiger partial charge in [-0.2, -0.15) is 0 Å². The van der Waals surface area contributed by atoms with Gasteiger partial charge in [0.15, 0.2) is 0 Å². The molecular formula is C66H58N2OSi2. The predicted octanol–water partition coefficient (Wildman–Crippen LogP) is 17.9. The summed E-state index contributed by atoms with van der Waals surface area (Å²) in [6, 6.07) is 85.3. The first-order chi connectivity index (χ1) is 34.4. The lowest BCUT2D eigenvalue weighted by Gasteiger charge is -2.27. The molecule has 5 heteroatoms. The Hall–Kier alpha value is -7.97. The Balaban J connectivity index is 0.946. The molecule has 11 aromatic carbocycles. The van der Waals surface area contributed by atoms with E-state index in [0.717, 1.165) is 78.1 Å². The van der Waals surface area contributed by atoms with E-state index in [0.29, 0.717) is 0 Å². The van der Waals surface area contributed by atoms with Gasteiger partial charge in [-0.3, -0.25) is 0 Å². The molecule has 11 aromatic rings. The molecule has 0 aliphatic rings. The molecule has 0 radical (unpaired) electrons. The third-order valence-electron chi connectivity index (χ3n) is 14.1. The van der Waals surface area contributed by atoms with Crippen molar-refractivity contribution in [2.75, 3.05) is 9.80 Å². The molecule has 0 aliphatic carbocycles. The van der Waals surface area contributed by atoms with Gasteiger partial charge in [-0.05, 0) is 151 Å². The van der Waals surface area contributed by atoms with Crippen molar-refractivity contribution in [3.8, 4) is 39.1 Å². The van der Waals surface area contributed by atoms with Crippen molar-refractivity contribution >= 4 is 93.0 Å². The molecule has 0 fully saturated rings. The maximum Gasteiger partial charge on any atom is 0.124 e. The van der Waals surface area contributed by atoms with Crippen molar-refractivity contribution in [2.45, 2.75) is 39.3 Å². The highest BCUT2D eigenvalue weighted by Crippen LogP contribution is 2.45. The highest BCUT2D eigenvalue weighted by molar-refractivity contribution is 6.89. The second kappa shape index (κ2) is 18.4. The molecule has 0 unspecified atom stereocenters. The zero-order valence-corrected chi connectivity index (χ0v) is 43.4. The summed E-state index contributed by atoms with van der Waals surface area (Å²) in [4.78, 5) is 4.65. The number of fused-ring (bicyclic) bond motifs is 5. The molecule has 346 valence electrons. The van der Waals surface area contributed by atoms with Gasteiger partial charge in [0.1, 0.15) is 5.75 Å². The Kier molecular flexibility index (Phi) is 11.8.